The third kappa shape index (κ3) is 10.5. The number of nitrogens with zero attached hydrogens (tertiary/aromatic N) is 1. The van der Waals surface area contributed by atoms with Gasteiger partial charge < -0.3 is 32.6 Å². The molecule has 0 radical (unpaired) electrons. The number of nitrogens with one attached hydrogen (secondary N) is 2. The number of amides is 2. The lowest BCUT2D eigenvalue weighted by molar-refractivity contribution is -0.131. The van der Waals surface area contributed by atoms with E-state index in [9.17, 15) is 14.4 Å². The van der Waals surface area contributed by atoms with Gasteiger partial charge in [-0.3, -0.25) is 14.6 Å². The van der Waals surface area contributed by atoms with Crippen LogP contribution in [-0.4, -0.2) is 48.7 Å². The highest BCUT2D eigenvalue weighted by Gasteiger charge is 2.27. The molecule has 0 spiro atoms. The monoisotopic (exact) mass is 384 g/mol. The molecule has 0 aliphatic carbocycles. The van der Waals surface area contributed by atoms with Gasteiger partial charge in [0.05, 0.1) is 12.1 Å². The average molecular weight is 385 g/mol. The Balaban J connectivity index is 4.86. The van der Waals surface area contributed by atoms with Gasteiger partial charge in [-0.15, -0.1) is 0 Å². The minimum Gasteiger partial charge on any atom is -0.370 e. The summed E-state index contributed by atoms with van der Waals surface area (Å²) in [4.78, 5) is 40.0. The standard InChI is InChI=1S/C18H36N6O3/c1-5-12(4)15(19)17(27)24-14(9-11(2)3)16(26)23-13(10-25)7-6-8-22-18(20)21/h10-15H,5-9,19H2,1-4H3,(H,23,26)(H,24,27)(H4,20,21,22)/t12-,13-,14-,15-/m0/s1. The van der Waals surface area contributed by atoms with Gasteiger partial charge in [0.2, 0.25) is 11.8 Å². The number of hydrogen-bond acceptors (Lipinski definition) is 5. The van der Waals surface area contributed by atoms with E-state index in [0.717, 1.165) is 6.42 Å². The minimum absolute atomic E-state index is 0.00558. The molecule has 0 aromatic rings. The third-order valence-electron chi connectivity index (χ3n) is 4.36. The Hall–Kier alpha value is -2.16. The highest BCUT2D eigenvalue weighted by atomic mass is 16.2. The van der Waals surface area contributed by atoms with Crippen LogP contribution in [0, 0.1) is 11.8 Å². The summed E-state index contributed by atoms with van der Waals surface area (Å²) in [5.41, 5.74) is 16.4. The molecule has 9 heteroatoms. The second-order valence-corrected chi connectivity index (χ2v) is 7.30. The van der Waals surface area contributed by atoms with Crippen molar-refractivity contribution >= 4 is 24.1 Å². The molecule has 2 amide bonds. The molecular weight excluding hydrogens is 348 g/mol. The summed E-state index contributed by atoms with van der Waals surface area (Å²) in [5, 5.41) is 5.40. The van der Waals surface area contributed by atoms with Crippen LogP contribution < -0.4 is 27.8 Å². The first-order valence-electron chi connectivity index (χ1n) is 9.49. The van der Waals surface area contributed by atoms with Crippen LogP contribution >= 0.6 is 0 Å². The van der Waals surface area contributed by atoms with Crippen LogP contribution in [-0.2, 0) is 14.4 Å². The summed E-state index contributed by atoms with van der Waals surface area (Å²) in [6, 6.07) is -2.09. The molecule has 0 saturated carbocycles. The lowest BCUT2D eigenvalue weighted by atomic mass is 9.97. The molecule has 0 aromatic carbocycles. The molecule has 0 fully saturated rings. The van der Waals surface area contributed by atoms with Crippen molar-refractivity contribution in [2.75, 3.05) is 6.54 Å². The number of guanidine groups is 1. The first-order chi connectivity index (χ1) is 12.6. The van der Waals surface area contributed by atoms with E-state index in [-0.39, 0.29) is 23.7 Å². The van der Waals surface area contributed by atoms with Crippen LogP contribution in [0.1, 0.15) is 53.4 Å². The van der Waals surface area contributed by atoms with E-state index in [2.05, 4.69) is 15.6 Å². The normalized spacial score (nSPS) is 15.3. The molecule has 156 valence electrons. The molecular formula is C18H36N6O3. The van der Waals surface area contributed by atoms with Crippen LogP contribution in [0.4, 0.5) is 0 Å². The Morgan fingerprint density at radius 3 is 2.22 bits per heavy atom. The zero-order valence-corrected chi connectivity index (χ0v) is 16.9. The fraction of sp³-hybridized carbons (Fsp3) is 0.778. The SMILES string of the molecule is CC[C@H](C)[C@H](N)C(=O)N[C@@H](CC(C)C)C(=O)N[C@H](C=O)CCCN=C(N)N. The zero-order chi connectivity index (χ0) is 21.0. The van der Waals surface area contributed by atoms with Crippen LogP contribution in [0.25, 0.3) is 0 Å². The Morgan fingerprint density at radius 2 is 1.74 bits per heavy atom. The van der Waals surface area contributed by atoms with Crippen LogP contribution in [0.2, 0.25) is 0 Å². The quantitative estimate of drug-likeness (QED) is 0.126. The van der Waals surface area contributed by atoms with E-state index in [1.54, 1.807) is 0 Å². The maximum atomic E-state index is 12.6. The minimum atomic E-state index is -0.743. The first kappa shape index (κ1) is 24.8. The number of rotatable bonds is 13. The van der Waals surface area contributed by atoms with Crippen LogP contribution in [0.15, 0.2) is 4.99 Å². The fourth-order valence-electron chi connectivity index (χ4n) is 2.46. The smallest absolute Gasteiger partial charge is 0.243 e. The predicted octanol–water partition coefficient (Wildman–Crippen LogP) is -0.372. The van der Waals surface area contributed by atoms with Gasteiger partial charge in [0.25, 0.3) is 0 Å². The maximum absolute atomic E-state index is 12.6. The summed E-state index contributed by atoms with van der Waals surface area (Å²) >= 11 is 0. The average Bonchev–Trinajstić information content (AvgIpc) is 2.61. The molecule has 0 saturated heterocycles. The van der Waals surface area contributed by atoms with Gasteiger partial charge in [-0.2, -0.15) is 0 Å². The Bertz CT molecular complexity index is 505. The molecule has 4 atom stereocenters. The summed E-state index contributed by atoms with van der Waals surface area (Å²) in [6.07, 6.45) is 2.83. The number of carbonyl (C=O) groups is 3. The zero-order valence-electron chi connectivity index (χ0n) is 16.9. The summed E-state index contributed by atoms with van der Waals surface area (Å²) in [7, 11) is 0. The maximum Gasteiger partial charge on any atom is 0.243 e. The Labute approximate surface area is 161 Å². The van der Waals surface area contributed by atoms with Gasteiger partial charge in [-0.25, -0.2) is 0 Å². The van der Waals surface area contributed by atoms with Crippen molar-refractivity contribution in [2.45, 2.75) is 71.5 Å². The van der Waals surface area contributed by atoms with Gasteiger partial charge in [-0.1, -0.05) is 34.1 Å². The van der Waals surface area contributed by atoms with E-state index < -0.39 is 24.0 Å². The highest BCUT2D eigenvalue weighted by molar-refractivity contribution is 5.90. The van der Waals surface area contributed by atoms with Crippen LogP contribution in [0.5, 0.6) is 0 Å². The summed E-state index contributed by atoms with van der Waals surface area (Å²) in [5.74, 6) is -0.588. The predicted molar refractivity (Wildman–Crippen MR) is 107 cm³/mol. The Morgan fingerprint density at radius 1 is 1.11 bits per heavy atom. The molecule has 0 heterocycles. The van der Waals surface area contributed by atoms with Gasteiger partial charge in [0.1, 0.15) is 12.3 Å². The van der Waals surface area contributed by atoms with Crippen molar-refractivity contribution in [3.05, 3.63) is 0 Å². The Kier molecular flexibility index (Phi) is 12.0. The molecule has 0 unspecified atom stereocenters. The largest absolute Gasteiger partial charge is 0.370 e. The first-order valence-corrected chi connectivity index (χ1v) is 9.49. The van der Waals surface area contributed by atoms with Crippen molar-refractivity contribution in [3.63, 3.8) is 0 Å². The van der Waals surface area contributed by atoms with Gasteiger partial charge >= 0.3 is 0 Å². The molecule has 0 aliphatic heterocycles. The van der Waals surface area contributed by atoms with E-state index in [0.29, 0.717) is 32.1 Å². The van der Waals surface area contributed by atoms with Crippen molar-refractivity contribution in [1.29, 1.82) is 0 Å². The number of hydrogen-bond donors (Lipinski definition) is 5. The fourth-order valence-corrected chi connectivity index (χ4v) is 2.46. The van der Waals surface area contributed by atoms with Gasteiger partial charge in [0, 0.05) is 6.54 Å². The second-order valence-electron chi connectivity index (χ2n) is 7.30. The van der Waals surface area contributed by atoms with Gasteiger partial charge in [-0.05, 0) is 31.1 Å². The van der Waals surface area contributed by atoms with Gasteiger partial charge in [0.15, 0.2) is 5.96 Å². The molecule has 8 N–H and O–H groups in total. The van der Waals surface area contributed by atoms with E-state index in [1.165, 1.54) is 0 Å². The number of nitrogens with two attached hydrogens (primary N) is 3. The highest BCUT2D eigenvalue weighted by Crippen LogP contribution is 2.09. The number of carbonyl (C=O) groups excluding carboxylic acids is 3. The molecule has 27 heavy (non-hydrogen) atoms. The molecule has 0 bridgehead atoms. The topological polar surface area (TPSA) is 166 Å². The lowest BCUT2D eigenvalue weighted by Gasteiger charge is -2.25. The molecule has 0 aromatic heterocycles. The van der Waals surface area contributed by atoms with E-state index in [4.69, 9.17) is 17.2 Å². The van der Waals surface area contributed by atoms with Crippen molar-refractivity contribution in [3.8, 4) is 0 Å². The summed E-state index contributed by atoms with van der Waals surface area (Å²) < 4.78 is 0. The second kappa shape index (κ2) is 13.1. The lowest BCUT2D eigenvalue weighted by Crippen LogP contribution is -2.55. The molecule has 9 nitrogen and oxygen atoms in total. The van der Waals surface area contributed by atoms with Crippen molar-refractivity contribution in [1.82, 2.24) is 10.6 Å². The van der Waals surface area contributed by atoms with E-state index in [1.807, 2.05) is 27.7 Å². The third-order valence-corrected chi connectivity index (χ3v) is 4.36. The van der Waals surface area contributed by atoms with Crippen molar-refractivity contribution < 1.29 is 14.4 Å². The molecule has 0 aliphatic rings. The van der Waals surface area contributed by atoms with Crippen LogP contribution in [0.3, 0.4) is 0 Å². The molecule has 0 rings (SSSR count). The number of aliphatic imine (C=N–C) groups is 1. The van der Waals surface area contributed by atoms with Crippen molar-refractivity contribution in [2.24, 2.45) is 34.0 Å². The van der Waals surface area contributed by atoms with E-state index >= 15 is 0 Å². The number of aldehydes is 1. The summed E-state index contributed by atoms with van der Waals surface area (Å²) in [6.45, 7) is 8.12.